The van der Waals surface area contributed by atoms with Crippen molar-refractivity contribution in [3.63, 3.8) is 0 Å². The SMILES string of the molecule is N#Cc1cccc(-c2ccc(N3C[C@H](CO)OC3=O)cc2F)c1. The Balaban J connectivity index is 1.92. The van der Waals surface area contributed by atoms with Crippen molar-refractivity contribution in [2.24, 2.45) is 0 Å². The van der Waals surface area contributed by atoms with Gasteiger partial charge < -0.3 is 9.84 Å². The number of amides is 1. The molecule has 1 fully saturated rings. The molecule has 1 aliphatic heterocycles. The number of nitrogens with zero attached hydrogens (tertiary/aromatic N) is 2. The van der Waals surface area contributed by atoms with Gasteiger partial charge >= 0.3 is 6.09 Å². The second kappa shape index (κ2) is 6.07. The highest BCUT2D eigenvalue weighted by atomic mass is 19.1. The molecule has 116 valence electrons. The Kier molecular flexibility index (Phi) is 3.96. The number of nitriles is 1. The molecule has 0 radical (unpaired) electrons. The minimum Gasteiger partial charge on any atom is -0.441 e. The van der Waals surface area contributed by atoms with Gasteiger partial charge in [-0.25, -0.2) is 9.18 Å². The monoisotopic (exact) mass is 312 g/mol. The summed E-state index contributed by atoms with van der Waals surface area (Å²) in [5, 5.41) is 18.0. The van der Waals surface area contributed by atoms with Gasteiger partial charge in [0.1, 0.15) is 11.9 Å². The Morgan fingerprint density at radius 1 is 1.35 bits per heavy atom. The molecule has 1 N–H and O–H groups in total. The number of hydrogen-bond donors (Lipinski definition) is 1. The zero-order valence-corrected chi connectivity index (χ0v) is 12.1. The molecule has 1 aliphatic rings. The van der Waals surface area contributed by atoms with Gasteiger partial charge in [0.25, 0.3) is 0 Å². The van der Waals surface area contributed by atoms with Crippen LogP contribution in [-0.2, 0) is 4.74 Å². The first-order valence-corrected chi connectivity index (χ1v) is 7.01. The summed E-state index contributed by atoms with van der Waals surface area (Å²) in [7, 11) is 0. The van der Waals surface area contributed by atoms with Crippen molar-refractivity contribution >= 4 is 11.8 Å². The first-order valence-electron chi connectivity index (χ1n) is 7.01. The van der Waals surface area contributed by atoms with Gasteiger partial charge in [0, 0.05) is 5.56 Å². The van der Waals surface area contributed by atoms with E-state index in [1.54, 1.807) is 36.4 Å². The molecule has 23 heavy (non-hydrogen) atoms. The van der Waals surface area contributed by atoms with Crippen LogP contribution in [-0.4, -0.2) is 30.5 Å². The molecule has 0 saturated carbocycles. The number of anilines is 1. The highest BCUT2D eigenvalue weighted by Gasteiger charge is 2.32. The van der Waals surface area contributed by atoms with Gasteiger partial charge in [-0.15, -0.1) is 0 Å². The van der Waals surface area contributed by atoms with E-state index in [9.17, 15) is 9.18 Å². The normalized spacial score (nSPS) is 17.0. The molecular formula is C17H13FN2O3. The standard InChI is InChI=1S/C17H13FN2O3/c18-16-7-13(20-9-14(10-21)23-17(20)22)4-5-15(16)12-3-1-2-11(6-12)8-19/h1-7,14,21H,9-10H2/t14-/m1/s1. The van der Waals surface area contributed by atoms with E-state index in [1.165, 1.54) is 11.0 Å². The smallest absolute Gasteiger partial charge is 0.414 e. The Morgan fingerprint density at radius 3 is 2.83 bits per heavy atom. The number of benzene rings is 2. The molecule has 1 amide bonds. The zero-order valence-electron chi connectivity index (χ0n) is 12.1. The van der Waals surface area contributed by atoms with Gasteiger partial charge in [-0.1, -0.05) is 12.1 Å². The number of carbonyl (C=O) groups excluding carboxylic acids is 1. The molecule has 0 spiro atoms. The fourth-order valence-corrected chi connectivity index (χ4v) is 2.49. The minimum atomic E-state index is -0.609. The Morgan fingerprint density at radius 2 is 2.17 bits per heavy atom. The number of rotatable bonds is 3. The first kappa shape index (κ1) is 15.0. The van der Waals surface area contributed by atoms with Gasteiger partial charge in [-0.2, -0.15) is 5.26 Å². The maximum Gasteiger partial charge on any atom is 0.414 e. The van der Waals surface area contributed by atoms with Crippen LogP contribution in [0.15, 0.2) is 42.5 Å². The molecule has 0 unspecified atom stereocenters. The fraction of sp³-hybridized carbons (Fsp3) is 0.176. The molecule has 1 saturated heterocycles. The molecule has 2 aromatic carbocycles. The quantitative estimate of drug-likeness (QED) is 0.945. The van der Waals surface area contributed by atoms with E-state index in [2.05, 4.69) is 0 Å². The number of hydrogen-bond acceptors (Lipinski definition) is 4. The summed E-state index contributed by atoms with van der Waals surface area (Å²) in [6.07, 6.45) is -1.21. The Labute approximate surface area is 132 Å². The van der Waals surface area contributed by atoms with Gasteiger partial charge in [-0.3, -0.25) is 4.90 Å². The maximum absolute atomic E-state index is 14.4. The number of aliphatic hydroxyl groups is 1. The van der Waals surface area contributed by atoms with Crippen LogP contribution < -0.4 is 4.90 Å². The van der Waals surface area contributed by atoms with E-state index in [-0.39, 0.29) is 13.2 Å². The van der Waals surface area contributed by atoms with Crippen molar-refractivity contribution in [3.05, 3.63) is 53.8 Å². The van der Waals surface area contributed by atoms with Crippen LogP contribution in [0.25, 0.3) is 11.1 Å². The number of aliphatic hydroxyl groups excluding tert-OH is 1. The van der Waals surface area contributed by atoms with E-state index in [0.29, 0.717) is 22.4 Å². The lowest BCUT2D eigenvalue weighted by Gasteiger charge is -2.14. The zero-order chi connectivity index (χ0) is 16.4. The Hall–Kier alpha value is -2.91. The van der Waals surface area contributed by atoms with Gasteiger partial charge in [0.05, 0.1) is 30.5 Å². The number of cyclic esters (lactones) is 1. The van der Waals surface area contributed by atoms with Crippen LogP contribution in [0.1, 0.15) is 5.56 Å². The third-order valence-corrected chi connectivity index (χ3v) is 3.64. The van der Waals surface area contributed by atoms with Crippen molar-refractivity contribution in [1.29, 1.82) is 5.26 Å². The van der Waals surface area contributed by atoms with Gasteiger partial charge in [0.2, 0.25) is 0 Å². The third kappa shape index (κ3) is 2.87. The number of halogens is 1. The van der Waals surface area contributed by atoms with Crippen molar-refractivity contribution in [2.45, 2.75) is 6.10 Å². The third-order valence-electron chi connectivity index (χ3n) is 3.64. The summed E-state index contributed by atoms with van der Waals surface area (Å²) in [6, 6.07) is 13.1. The molecule has 1 atom stereocenters. The van der Waals surface area contributed by atoms with E-state index in [0.717, 1.165) is 0 Å². The fourth-order valence-electron chi connectivity index (χ4n) is 2.49. The summed E-state index contributed by atoms with van der Waals surface area (Å²) < 4.78 is 19.4. The molecule has 5 nitrogen and oxygen atoms in total. The second-order valence-electron chi connectivity index (χ2n) is 5.16. The van der Waals surface area contributed by atoms with Crippen molar-refractivity contribution < 1.29 is 19.0 Å². The van der Waals surface area contributed by atoms with Crippen LogP contribution in [0.4, 0.5) is 14.9 Å². The highest BCUT2D eigenvalue weighted by molar-refractivity contribution is 5.90. The molecule has 0 aliphatic carbocycles. The van der Waals surface area contributed by atoms with Gasteiger partial charge in [0.15, 0.2) is 0 Å². The summed E-state index contributed by atoms with van der Waals surface area (Å²) in [5.74, 6) is -0.502. The highest BCUT2D eigenvalue weighted by Crippen LogP contribution is 2.29. The number of carbonyl (C=O) groups is 1. The molecule has 2 aromatic rings. The van der Waals surface area contributed by atoms with Crippen LogP contribution in [0.2, 0.25) is 0 Å². The average Bonchev–Trinajstić information content (AvgIpc) is 2.96. The predicted octanol–water partition coefficient (Wildman–Crippen LogP) is 2.68. The summed E-state index contributed by atoms with van der Waals surface area (Å²) in [4.78, 5) is 13.0. The average molecular weight is 312 g/mol. The maximum atomic E-state index is 14.4. The van der Waals surface area contributed by atoms with Crippen LogP contribution >= 0.6 is 0 Å². The van der Waals surface area contributed by atoms with E-state index in [4.69, 9.17) is 15.1 Å². The summed E-state index contributed by atoms with van der Waals surface area (Å²) in [5.41, 5.74) is 1.74. The van der Waals surface area contributed by atoms with E-state index >= 15 is 0 Å². The van der Waals surface area contributed by atoms with Crippen LogP contribution in [0, 0.1) is 17.1 Å². The topological polar surface area (TPSA) is 73.6 Å². The second-order valence-corrected chi connectivity index (χ2v) is 5.16. The lowest BCUT2D eigenvalue weighted by Crippen LogP contribution is -2.25. The molecule has 6 heteroatoms. The van der Waals surface area contributed by atoms with Crippen molar-refractivity contribution in [2.75, 3.05) is 18.1 Å². The van der Waals surface area contributed by atoms with E-state index < -0.39 is 18.0 Å². The Bertz CT molecular complexity index is 801. The van der Waals surface area contributed by atoms with Gasteiger partial charge in [-0.05, 0) is 35.9 Å². The summed E-state index contributed by atoms with van der Waals surface area (Å²) in [6.45, 7) is -0.0954. The predicted molar refractivity (Wildman–Crippen MR) is 81.3 cm³/mol. The first-order chi connectivity index (χ1) is 11.1. The van der Waals surface area contributed by atoms with Crippen molar-refractivity contribution in [1.82, 2.24) is 0 Å². The largest absolute Gasteiger partial charge is 0.441 e. The molecule has 0 aromatic heterocycles. The lowest BCUT2D eigenvalue weighted by molar-refractivity contribution is 0.0963. The lowest BCUT2D eigenvalue weighted by atomic mass is 10.0. The van der Waals surface area contributed by atoms with Crippen molar-refractivity contribution in [3.8, 4) is 17.2 Å². The molecular weight excluding hydrogens is 299 g/mol. The van der Waals surface area contributed by atoms with E-state index in [1.807, 2.05) is 6.07 Å². The minimum absolute atomic E-state index is 0.179. The van der Waals surface area contributed by atoms with Crippen LogP contribution in [0.3, 0.4) is 0 Å². The van der Waals surface area contributed by atoms with Crippen LogP contribution in [0.5, 0.6) is 0 Å². The molecule has 3 rings (SSSR count). The summed E-state index contributed by atoms with van der Waals surface area (Å²) >= 11 is 0. The molecule has 0 bridgehead atoms. The molecule has 1 heterocycles. The number of ether oxygens (including phenoxy) is 1.